The molecule has 1 aliphatic rings. The quantitative estimate of drug-likeness (QED) is 0.484. The second-order valence-electron chi connectivity index (χ2n) is 7.13. The molecule has 0 amide bonds. The van der Waals surface area contributed by atoms with Crippen molar-refractivity contribution in [2.24, 2.45) is 0 Å². The lowest BCUT2D eigenvalue weighted by Gasteiger charge is -2.14. The fraction of sp³-hybridized carbons (Fsp3) is 0.273. The fourth-order valence-corrected chi connectivity index (χ4v) is 4.13. The van der Waals surface area contributed by atoms with Crippen molar-refractivity contribution in [2.45, 2.75) is 38.5 Å². The number of hydrogen-bond donors (Lipinski definition) is 0. The van der Waals surface area contributed by atoms with Crippen LogP contribution in [0.25, 0.3) is 27.6 Å². The zero-order valence-corrected chi connectivity index (χ0v) is 14.4. The van der Waals surface area contributed by atoms with Gasteiger partial charge in [-0.25, -0.2) is 4.98 Å². The first-order valence-corrected chi connectivity index (χ1v) is 9.14. The molecule has 1 aliphatic carbocycles. The zero-order chi connectivity index (χ0) is 16.8. The third kappa shape index (κ3) is 2.34. The number of para-hydroxylation sites is 1. The van der Waals surface area contributed by atoms with E-state index in [0.29, 0.717) is 5.92 Å². The first-order valence-electron chi connectivity index (χ1n) is 9.14. The van der Waals surface area contributed by atoms with Crippen LogP contribution >= 0.6 is 0 Å². The number of nitrogens with zero attached hydrogens (tertiary/aromatic N) is 3. The summed E-state index contributed by atoms with van der Waals surface area (Å²) >= 11 is 0. The van der Waals surface area contributed by atoms with E-state index >= 15 is 0 Å². The molecular weight excluding hydrogens is 306 g/mol. The minimum atomic E-state index is 0.549. The van der Waals surface area contributed by atoms with Gasteiger partial charge in [0.25, 0.3) is 0 Å². The van der Waals surface area contributed by atoms with Crippen LogP contribution in [0.4, 0.5) is 0 Å². The number of aryl methyl sites for hydroxylation is 1. The molecule has 3 heteroatoms. The molecule has 124 valence electrons. The molecule has 0 atom stereocenters. The van der Waals surface area contributed by atoms with E-state index in [0.717, 1.165) is 11.0 Å². The lowest BCUT2D eigenvalue weighted by Crippen LogP contribution is -2.05. The highest BCUT2D eigenvalue weighted by Crippen LogP contribution is 2.38. The van der Waals surface area contributed by atoms with Crippen molar-refractivity contribution in [1.29, 1.82) is 0 Å². The average Bonchev–Trinajstić information content (AvgIpc) is 3.30. The molecule has 4 aromatic rings. The molecule has 0 N–H and O–H groups in total. The summed E-state index contributed by atoms with van der Waals surface area (Å²) in [6.07, 6.45) is 7.02. The predicted octanol–water partition coefficient (Wildman–Crippen LogP) is 5.54. The number of hydrogen-bond acceptors (Lipinski definition) is 2. The summed E-state index contributed by atoms with van der Waals surface area (Å²) < 4.78 is 2.38. The van der Waals surface area contributed by atoms with Crippen molar-refractivity contribution >= 4 is 21.9 Å². The Bertz CT molecular complexity index is 1050. The Labute approximate surface area is 147 Å². The Morgan fingerprint density at radius 2 is 1.68 bits per heavy atom. The van der Waals surface area contributed by atoms with Gasteiger partial charge in [0.2, 0.25) is 0 Å². The van der Waals surface area contributed by atoms with Crippen LogP contribution in [-0.4, -0.2) is 14.5 Å². The molecule has 1 saturated carbocycles. The highest BCUT2D eigenvalue weighted by molar-refractivity contribution is 6.03. The molecule has 2 aromatic heterocycles. The summed E-state index contributed by atoms with van der Waals surface area (Å²) in [5.74, 6) is 1.75. The van der Waals surface area contributed by atoms with Crippen molar-refractivity contribution in [3.05, 3.63) is 66.1 Å². The Balaban J connectivity index is 1.88. The van der Waals surface area contributed by atoms with Gasteiger partial charge in [-0.05, 0) is 38.0 Å². The van der Waals surface area contributed by atoms with Crippen molar-refractivity contribution in [2.75, 3.05) is 0 Å². The van der Waals surface area contributed by atoms with Crippen LogP contribution in [0.1, 0.15) is 43.0 Å². The van der Waals surface area contributed by atoms with Gasteiger partial charge in [-0.1, -0.05) is 48.7 Å². The van der Waals surface area contributed by atoms with E-state index in [4.69, 9.17) is 4.98 Å². The number of pyridine rings is 1. The normalized spacial score (nSPS) is 15.4. The lowest BCUT2D eigenvalue weighted by atomic mass is 10.1. The van der Waals surface area contributed by atoms with E-state index in [1.54, 1.807) is 0 Å². The van der Waals surface area contributed by atoms with E-state index in [1.165, 1.54) is 53.7 Å². The average molecular weight is 327 g/mol. The Morgan fingerprint density at radius 3 is 2.48 bits per heavy atom. The Kier molecular flexibility index (Phi) is 3.34. The topological polar surface area (TPSA) is 30.7 Å². The van der Waals surface area contributed by atoms with Crippen molar-refractivity contribution < 1.29 is 0 Å². The minimum Gasteiger partial charge on any atom is -0.295 e. The molecule has 0 radical (unpaired) electrons. The van der Waals surface area contributed by atoms with Gasteiger partial charge in [0.15, 0.2) is 0 Å². The third-order valence-electron chi connectivity index (χ3n) is 5.43. The predicted molar refractivity (Wildman–Crippen MR) is 102 cm³/mol. The van der Waals surface area contributed by atoms with Gasteiger partial charge in [-0.2, -0.15) is 0 Å². The molecule has 0 aliphatic heterocycles. The highest BCUT2D eigenvalue weighted by atomic mass is 15.1. The van der Waals surface area contributed by atoms with Crippen LogP contribution in [0.2, 0.25) is 0 Å². The monoisotopic (exact) mass is 327 g/mol. The number of benzene rings is 2. The second kappa shape index (κ2) is 5.69. The largest absolute Gasteiger partial charge is 0.295 e. The van der Waals surface area contributed by atoms with Crippen molar-refractivity contribution in [3.8, 4) is 5.69 Å². The van der Waals surface area contributed by atoms with E-state index < -0.39 is 0 Å². The summed E-state index contributed by atoms with van der Waals surface area (Å²) in [6, 6.07) is 17.2. The van der Waals surface area contributed by atoms with Gasteiger partial charge < -0.3 is 0 Å². The SMILES string of the molecule is Cc1ccc(-n2c(C3CCCC3)nc3cnc4ccccc4c32)cc1. The molecular formula is C22H21N3. The first kappa shape index (κ1) is 14.6. The van der Waals surface area contributed by atoms with Gasteiger partial charge in [-0.3, -0.25) is 9.55 Å². The van der Waals surface area contributed by atoms with Gasteiger partial charge in [0.1, 0.15) is 11.3 Å². The maximum absolute atomic E-state index is 5.04. The van der Waals surface area contributed by atoms with Crippen LogP contribution in [-0.2, 0) is 0 Å². The second-order valence-corrected chi connectivity index (χ2v) is 7.13. The van der Waals surface area contributed by atoms with E-state index in [-0.39, 0.29) is 0 Å². The summed E-state index contributed by atoms with van der Waals surface area (Å²) in [4.78, 5) is 9.67. The van der Waals surface area contributed by atoms with E-state index in [1.807, 2.05) is 12.3 Å². The van der Waals surface area contributed by atoms with Crippen molar-refractivity contribution in [1.82, 2.24) is 14.5 Å². The number of fused-ring (bicyclic) bond motifs is 3. The summed E-state index contributed by atoms with van der Waals surface area (Å²) in [5.41, 5.74) is 5.70. The molecule has 0 spiro atoms. The molecule has 3 nitrogen and oxygen atoms in total. The summed E-state index contributed by atoms with van der Waals surface area (Å²) in [7, 11) is 0. The van der Waals surface area contributed by atoms with Gasteiger partial charge in [-0.15, -0.1) is 0 Å². The molecule has 2 heterocycles. The first-order chi connectivity index (χ1) is 12.3. The van der Waals surface area contributed by atoms with Crippen LogP contribution in [0, 0.1) is 6.92 Å². The maximum atomic E-state index is 5.04. The van der Waals surface area contributed by atoms with Crippen LogP contribution in [0.15, 0.2) is 54.7 Å². The molecule has 25 heavy (non-hydrogen) atoms. The van der Waals surface area contributed by atoms with Crippen LogP contribution < -0.4 is 0 Å². The molecule has 0 saturated heterocycles. The summed E-state index contributed by atoms with van der Waals surface area (Å²) in [6.45, 7) is 2.13. The highest BCUT2D eigenvalue weighted by Gasteiger charge is 2.25. The Morgan fingerprint density at radius 1 is 0.920 bits per heavy atom. The number of imidazole rings is 1. The molecule has 2 aromatic carbocycles. The van der Waals surface area contributed by atoms with Gasteiger partial charge in [0.05, 0.1) is 17.2 Å². The van der Waals surface area contributed by atoms with E-state index in [2.05, 4.69) is 58.9 Å². The maximum Gasteiger partial charge on any atom is 0.117 e. The van der Waals surface area contributed by atoms with Crippen LogP contribution in [0.3, 0.4) is 0 Å². The standard InChI is InChI=1S/C22H21N3/c1-15-10-12-17(13-11-15)25-21-18-8-4-5-9-19(18)23-14-20(21)24-22(25)16-6-2-3-7-16/h4-5,8-14,16H,2-3,6-7H2,1H3. The molecule has 1 fully saturated rings. The molecule has 5 rings (SSSR count). The Hall–Kier alpha value is -2.68. The summed E-state index contributed by atoms with van der Waals surface area (Å²) in [5, 5.41) is 1.18. The minimum absolute atomic E-state index is 0.549. The smallest absolute Gasteiger partial charge is 0.117 e. The molecule has 0 bridgehead atoms. The van der Waals surface area contributed by atoms with Crippen LogP contribution in [0.5, 0.6) is 0 Å². The fourth-order valence-electron chi connectivity index (χ4n) is 4.13. The van der Waals surface area contributed by atoms with Crippen molar-refractivity contribution in [3.63, 3.8) is 0 Å². The van der Waals surface area contributed by atoms with Gasteiger partial charge in [0, 0.05) is 17.0 Å². The number of aromatic nitrogens is 3. The van der Waals surface area contributed by atoms with Gasteiger partial charge >= 0.3 is 0 Å². The van der Waals surface area contributed by atoms with E-state index in [9.17, 15) is 0 Å². The third-order valence-corrected chi connectivity index (χ3v) is 5.43. The molecule has 0 unspecified atom stereocenters. The zero-order valence-electron chi connectivity index (χ0n) is 14.4. The number of rotatable bonds is 2. The lowest BCUT2D eigenvalue weighted by molar-refractivity contribution is 0.659.